The summed E-state index contributed by atoms with van der Waals surface area (Å²) in [7, 11) is 0. The molecule has 0 fully saturated rings. The molecule has 0 saturated carbocycles. The lowest BCUT2D eigenvalue weighted by molar-refractivity contribution is 0.768. The van der Waals surface area contributed by atoms with Gasteiger partial charge in [-0.2, -0.15) is 4.68 Å². The Morgan fingerprint density at radius 1 is 1.09 bits per heavy atom. The van der Waals surface area contributed by atoms with E-state index in [-0.39, 0.29) is 0 Å². The molecule has 5 nitrogen and oxygen atoms in total. The SMILES string of the molecule is Clc1ccc(-c2csc(Sc3nnnn3-c3cccs3)n2)cc1. The monoisotopic (exact) mass is 377 g/mol. The number of hydrogen-bond donors (Lipinski definition) is 0. The van der Waals surface area contributed by atoms with E-state index >= 15 is 0 Å². The van der Waals surface area contributed by atoms with Crippen LogP contribution < -0.4 is 0 Å². The molecular weight excluding hydrogens is 370 g/mol. The van der Waals surface area contributed by atoms with Crippen LogP contribution in [-0.2, 0) is 0 Å². The first-order valence-corrected chi connectivity index (χ1v) is 9.46. The molecule has 0 bridgehead atoms. The summed E-state index contributed by atoms with van der Waals surface area (Å²) in [6, 6.07) is 11.6. The van der Waals surface area contributed by atoms with Crippen molar-refractivity contribution in [2.24, 2.45) is 0 Å². The highest BCUT2D eigenvalue weighted by Crippen LogP contribution is 2.33. The zero-order chi connectivity index (χ0) is 15.6. The topological polar surface area (TPSA) is 56.5 Å². The second kappa shape index (κ2) is 6.40. The molecule has 23 heavy (non-hydrogen) atoms. The van der Waals surface area contributed by atoms with Crippen molar-refractivity contribution in [3.05, 3.63) is 52.2 Å². The normalized spacial score (nSPS) is 11.0. The summed E-state index contributed by atoms with van der Waals surface area (Å²) in [5.74, 6) is 0. The zero-order valence-electron chi connectivity index (χ0n) is 11.5. The molecule has 0 atom stereocenters. The fourth-order valence-corrected chi connectivity index (χ4v) is 4.48. The van der Waals surface area contributed by atoms with Crippen LogP contribution in [0.1, 0.15) is 0 Å². The molecule has 0 N–H and O–H groups in total. The molecule has 3 aromatic heterocycles. The van der Waals surface area contributed by atoms with Crippen molar-refractivity contribution in [3.8, 4) is 16.3 Å². The van der Waals surface area contributed by atoms with Gasteiger partial charge in [0.15, 0.2) is 4.34 Å². The molecule has 0 saturated heterocycles. The third-order valence-corrected chi connectivity index (χ3v) is 5.93. The summed E-state index contributed by atoms with van der Waals surface area (Å²) in [5.41, 5.74) is 1.96. The zero-order valence-corrected chi connectivity index (χ0v) is 14.7. The summed E-state index contributed by atoms with van der Waals surface area (Å²) in [5, 5.41) is 18.3. The Kier molecular flexibility index (Phi) is 4.13. The Balaban J connectivity index is 1.59. The van der Waals surface area contributed by atoms with Gasteiger partial charge in [-0.3, -0.25) is 0 Å². The molecule has 3 heterocycles. The predicted octanol–water partition coefficient (Wildman–Crippen LogP) is 4.65. The molecule has 0 amide bonds. The number of rotatable bonds is 4. The molecule has 114 valence electrons. The van der Waals surface area contributed by atoms with Crippen molar-refractivity contribution >= 4 is 46.0 Å². The van der Waals surface area contributed by atoms with Gasteiger partial charge < -0.3 is 0 Å². The maximum Gasteiger partial charge on any atom is 0.221 e. The highest BCUT2D eigenvalue weighted by molar-refractivity contribution is 8.00. The lowest BCUT2D eigenvalue weighted by atomic mass is 10.2. The average Bonchev–Trinajstić information content (AvgIpc) is 3.29. The third kappa shape index (κ3) is 3.16. The van der Waals surface area contributed by atoms with Crippen molar-refractivity contribution in [2.45, 2.75) is 9.50 Å². The first kappa shape index (κ1) is 14.8. The Morgan fingerprint density at radius 3 is 2.74 bits per heavy atom. The van der Waals surface area contributed by atoms with E-state index in [0.29, 0.717) is 10.2 Å². The number of thiazole rings is 1. The van der Waals surface area contributed by atoms with Gasteiger partial charge in [-0.15, -0.1) is 27.8 Å². The van der Waals surface area contributed by atoms with E-state index in [1.54, 1.807) is 27.4 Å². The number of benzene rings is 1. The molecule has 0 radical (unpaired) electrons. The second-order valence-electron chi connectivity index (χ2n) is 4.43. The Labute approximate surface area is 149 Å². The summed E-state index contributed by atoms with van der Waals surface area (Å²) < 4.78 is 2.61. The van der Waals surface area contributed by atoms with Crippen LogP contribution in [-0.4, -0.2) is 25.2 Å². The highest BCUT2D eigenvalue weighted by Gasteiger charge is 2.13. The Morgan fingerprint density at radius 2 is 1.96 bits per heavy atom. The van der Waals surface area contributed by atoms with Crippen molar-refractivity contribution in [3.63, 3.8) is 0 Å². The molecule has 9 heteroatoms. The molecular formula is C14H8ClN5S3. The van der Waals surface area contributed by atoms with Crippen LogP contribution in [0.25, 0.3) is 16.3 Å². The van der Waals surface area contributed by atoms with Crippen LogP contribution in [0.2, 0.25) is 5.02 Å². The van der Waals surface area contributed by atoms with Gasteiger partial charge in [0.2, 0.25) is 5.16 Å². The first-order valence-electron chi connectivity index (χ1n) is 6.51. The van der Waals surface area contributed by atoms with Crippen LogP contribution in [0, 0.1) is 0 Å². The van der Waals surface area contributed by atoms with Gasteiger partial charge in [-0.25, -0.2) is 4.98 Å². The van der Waals surface area contributed by atoms with Crippen LogP contribution in [0.4, 0.5) is 0 Å². The average molecular weight is 378 g/mol. The smallest absolute Gasteiger partial charge is 0.221 e. The number of aromatic nitrogens is 5. The highest BCUT2D eigenvalue weighted by atomic mass is 35.5. The number of nitrogens with zero attached hydrogens (tertiary/aromatic N) is 5. The summed E-state index contributed by atoms with van der Waals surface area (Å²) in [4.78, 5) is 4.64. The van der Waals surface area contributed by atoms with Gasteiger partial charge in [0.25, 0.3) is 0 Å². The van der Waals surface area contributed by atoms with Gasteiger partial charge in [0.05, 0.1) is 5.69 Å². The molecule has 0 spiro atoms. The molecule has 0 aliphatic carbocycles. The van der Waals surface area contributed by atoms with Crippen molar-refractivity contribution < 1.29 is 0 Å². The number of halogens is 1. The van der Waals surface area contributed by atoms with Gasteiger partial charge >= 0.3 is 0 Å². The van der Waals surface area contributed by atoms with E-state index < -0.39 is 0 Å². The van der Waals surface area contributed by atoms with Gasteiger partial charge in [-0.1, -0.05) is 23.7 Å². The van der Waals surface area contributed by atoms with Crippen molar-refractivity contribution in [1.29, 1.82) is 0 Å². The quantitative estimate of drug-likeness (QED) is 0.518. The summed E-state index contributed by atoms with van der Waals surface area (Å²) in [6.07, 6.45) is 0. The maximum atomic E-state index is 5.92. The van der Waals surface area contributed by atoms with E-state index in [4.69, 9.17) is 11.6 Å². The van der Waals surface area contributed by atoms with Gasteiger partial charge in [0, 0.05) is 16.0 Å². The van der Waals surface area contributed by atoms with Gasteiger partial charge in [0.1, 0.15) is 5.00 Å². The summed E-state index contributed by atoms with van der Waals surface area (Å²) in [6.45, 7) is 0. The standard InChI is InChI=1S/C14H8ClN5S3/c15-10-5-3-9(4-6-10)11-8-22-14(16-11)23-13-17-18-19-20(13)12-2-1-7-21-12/h1-8H. The number of thiophene rings is 1. The van der Waals surface area contributed by atoms with Crippen LogP contribution in [0.5, 0.6) is 0 Å². The van der Waals surface area contributed by atoms with Crippen molar-refractivity contribution in [2.75, 3.05) is 0 Å². The fourth-order valence-electron chi connectivity index (χ4n) is 1.91. The molecule has 1 aromatic carbocycles. The minimum atomic E-state index is 0.699. The van der Waals surface area contributed by atoms with Crippen LogP contribution in [0.15, 0.2) is 56.7 Å². The molecule has 0 aliphatic rings. The number of hydrogen-bond acceptors (Lipinski definition) is 7. The van der Waals surface area contributed by atoms with Crippen LogP contribution >= 0.6 is 46.0 Å². The lowest BCUT2D eigenvalue weighted by Gasteiger charge is -1.98. The number of tetrazole rings is 1. The molecule has 0 aliphatic heterocycles. The minimum absolute atomic E-state index is 0.699. The maximum absolute atomic E-state index is 5.92. The first-order chi connectivity index (χ1) is 11.3. The van der Waals surface area contributed by atoms with E-state index in [0.717, 1.165) is 20.6 Å². The molecule has 4 aromatic rings. The van der Waals surface area contributed by atoms with E-state index in [9.17, 15) is 0 Å². The Bertz CT molecular complexity index is 914. The second-order valence-corrected chi connectivity index (χ2v) is 7.87. The van der Waals surface area contributed by atoms with E-state index in [1.807, 2.05) is 47.2 Å². The predicted molar refractivity (Wildman–Crippen MR) is 93.7 cm³/mol. The Hall–Kier alpha value is -1.74. The van der Waals surface area contributed by atoms with E-state index in [2.05, 4.69) is 20.5 Å². The lowest BCUT2D eigenvalue weighted by Crippen LogP contribution is -1.95. The molecule has 4 rings (SSSR count). The van der Waals surface area contributed by atoms with Crippen molar-refractivity contribution in [1.82, 2.24) is 25.2 Å². The summed E-state index contributed by atoms with van der Waals surface area (Å²) >= 11 is 10.5. The van der Waals surface area contributed by atoms with Gasteiger partial charge in [-0.05, 0) is 51.8 Å². The third-order valence-electron chi connectivity index (χ3n) is 2.96. The fraction of sp³-hybridized carbons (Fsp3) is 0. The minimum Gasteiger partial charge on any atom is -0.229 e. The van der Waals surface area contributed by atoms with E-state index in [1.165, 1.54) is 11.8 Å². The van der Waals surface area contributed by atoms with Crippen LogP contribution in [0.3, 0.4) is 0 Å². The molecule has 0 unspecified atom stereocenters. The largest absolute Gasteiger partial charge is 0.229 e.